The number of aromatic amines is 1. The van der Waals surface area contributed by atoms with Gasteiger partial charge in [0, 0.05) is 13.1 Å². The van der Waals surface area contributed by atoms with Crippen LogP contribution >= 0.6 is 0 Å². The minimum absolute atomic E-state index is 0.0442. The molecule has 0 aliphatic carbocycles. The smallest absolute Gasteiger partial charge is 0.276 e. The van der Waals surface area contributed by atoms with Crippen LogP contribution in [0, 0.1) is 0 Å². The summed E-state index contributed by atoms with van der Waals surface area (Å²) >= 11 is 0. The Balaban J connectivity index is 2.65. The molecule has 1 heterocycles. The molecule has 1 rings (SSSR count). The highest BCUT2D eigenvalue weighted by Gasteiger charge is 2.15. The number of H-pyrrole nitrogens is 1. The molecule has 1 aromatic rings. The van der Waals surface area contributed by atoms with Crippen molar-refractivity contribution in [2.45, 2.75) is 6.92 Å². The van der Waals surface area contributed by atoms with E-state index in [2.05, 4.69) is 15.4 Å². The molecule has 0 radical (unpaired) electrons. The van der Waals surface area contributed by atoms with Crippen LogP contribution < -0.4 is 0 Å². The van der Waals surface area contributed by atoms with Gasteiger partial charge in [0.15, 0.2) is 5.69 Å². The summed E-state index contributed by atoms with van der Waals surface area (Å²) < 4.78 is 0. The average Bonchev–Trinajstić information content (AvgIpc) is 2.65. The molecule has 6 nitrogen and oxygen atoms in total. The molecule has 13 heavy (non-hydrogen) atoms. The van der Waals surface area contributed by atoms with E-state index in [4.69, 9.17) is 5.11 Å². The quantitative estimate of drug-likeness (QED) is 0.645. The first kappa shape index (κ1) is 9.66. The number of nitrogens with one attached hydrogen (secondary N) is 1. The monoisotopic (exact) mass is 184 g/mol. The zero-order valence-electron chi connectivity index (χ0n) is 7.40. The van der Waals surface area contributed by atoms with Crippen molar-refractivity contribution in [3.63, 3.8) is 0 Å². The third-order valence-electron chi connectivity index (χ3n) is 1.67. The van der Waals surface area contributed by atoms with Crippen molar-refractivity contribution in [1.82, 2.24) is 20.3 Å². The molecule has 0 bridgehead atoms. The van der Waals surface area contributed by atoms with Crippen molar-refractivity contribution in [2.75, 3.05) is 19.7 Å². The van der Waals surface area contributed by atoms with Crippen molar-refractivity contribution < 1.29 is 9.90 Å². The molecule has 0 saturated carbocycles. The van der Waals surface area contributed by atoms with Crippen LogP contribution in [0.5, 0.6) is 0 Å². The van der Waals surface area contributed by atoms with E-state index >= 15 is 0 Å². The normalized spacial score (nSPS) is 10.0. The van der Waals surface area contributed by atoms with Crippen molar-refractivity contribution in [3.05, 3.63) is 11.9 Å². The van der Waals surface area contributed by atoms with E-state index in [-0.39, 0.29) is 18.2 Å². The lowest BCUT2D eigenvalue weighted by Gasteiger charge is -2.17. The Hall–Kier alpha value is -1.43. The molecule has 1 aromatic heterocycles. The topological polar surface area (TPSA) is 82.1 Å². The number of carbonyl (C=O) groups is 1. The number of amides is 1. The van der Waals surface area contributed by atoms with Gasteiger partial charge in [-0.1, -0.05) is 0 Å². The second kappa shape index (κ2) is 4.56. The summed E-state index contributed by atoms with van der Waals surface area (Å²) in [5, 5.41) is 18.2. The molecule has 0 atom stereocenters. The minimum Gasteiger partial charge on any atom is -0.395 e. The van der Waals surface area contributed by atoms with E-state index < -0.39 is 0 Å². The number of aromatic nitrogens is 3. The summed E-state index contributed by atoms with van der Waals surface area (Å²) in [7, 11) is 0. The van der Waals surface area contributed by atoms with Crippen LogP contribution in [-0.2, 0) is 0 Å². The molecule has 0 spiro atoms. The van der Waals surface area contributed by atoms with Crippen molar-refractivity contribution in [2.24, 2.45) is 0 Å². The van der Waals surface area contributed by atoms with Gasteiger partial charge in [-0.25, -0.2) is 0 Å². The Morgan fingerprint density at radius 3 is 3.00 bits per heavy atom. The number of aliphatic hydroxyl groups excluding tert-OH is 1. The molecule has 0 aliphatic heterocycles. The molecule has 0 aromatic carbocycles. The van der Waals surface area contributed by atoms with E-state index in [0.29, 0.717) is 13.1 Å². The number of nitrogens with zero attached hydrogens (tertiary/aromatic N) is 3. The maximum Gasteiger partial charge on any atom is 0.276 e. The Morgan fingerprint density at radius 1 is 1.77 bits per heavy atom. The number of rotatable bonds is 4. The zero-order valence-corrected chi connectivity index (χ0v) is 7.40. The van der Waals surface area contributed by atoms with Crippen LogP contribution in [0.4, 0.5) is 0 Å². The fourth-order valence-corrected chi connectivity index (χ4v) is 0.991. The van der Waals surface area contributed by atoms with E-state index in [1.807, 2.05) is 6.92 Å². The maximum atomic E-state index is 11.5. The Bertz CT molecular complexity index is 259. The first-order chi connectivity index (χ1) is 6.29. The van der Waals surface area contributed by atoms with Gasteiger partial charge in [0.1, 0.15) is 0 Å². The van der Waals surface area contributed by atoms with E-state index in [1.54, 1.807) is 0 Å². The van der Waals surface area contributed by atoms with E-state index in [1.165, 1.54) is 11.1 Å². The fourth-order valence-electron chi connectivity index (χ4n) is 0.991. The third kappa shape index (κ3) is 2.25. The van der Waals surface area contributed by atoms with Gasteiger partial charge in [-0.2, -0.15) is 15.4 Å². The number of hydrogen-bond donors (Lipinski definition) is 2. The van der Waals surface area contributed by atoms with Crippen LogP contribution in [0.2, 0.25) is 0 Å². The van der Waals surface area contributed by atoms with Crippen LogP contribution in [0.1, 0.15) is 17.4 Å². The number of likely N-dealkylation sites (N-methyl/N-ethyl adjacent to an activating group) is 1. The second-order valence-corrected chi connectivity index (χ2v) is 2.46. The standard InChI is InChI=1S/C7H12N4O2/c1-2-11(3-4-12)7(13)6-5-8-10-9-6/h5,12H,2-4H2,1H3,(H,8,9,10). The van der Waals surface area contributed by atoms with Crippen LogP contribution in [0.15, 0.2) is 6.20 Å². The van der Waals surface area contributed by atoms with Gasteiger partial charge in [-0.15, -0.1) is 0 Å². The van der Waals surface area contributed by atoms with Gasteiger partial charge < -0.3 is 10.0 Å². The van der Waals surface area contributed by atoms with Gasteiger partial charge in [-0.05, 0) is 6.92 Å². The van der Waals surface area contributed by atoms with Crippen LogP contribution in [0.25, 0.3) is 0 Å². The molecular formula is C7H12N4O2. The Morgan fingerprint density at radius 2 is 2.54 bits per heavy atom. The van der Waals surface area contributed by atoms with Gasteiger partial charge in [0.2, 0.25) is 0 Å². The Kier molecular flexibility index (Phi) is 3.39. The molecule has 0 unspecified atom stereocenters. The predicted molar refractivity (Wildman–Crippen MR) is 45.0 cm³/mol. The highest BCUT2D eigenvalue weighted by atomic mass is 16.3. The third-order valence-corrected chi connectivity index (χ3v) is 1.67. The van der Waals surface area contributed by atoms with Crippen molar-refractivity contribution >= 4 is 5.91 Å². The predicted octanol–water partition coefficient (Wildman–Crippen LogP) is -0.741. The lowest BCUT2D eigenvalue weighted by Crippen LogP contribution is -2.33. The summed E-state index contributed by atoms with van der Waals surface area (Å²) in [6, 6.07) is 0. The lowest BCUT2D eigenvalue weighted by molar-refractivity contribution is 0.0726. The number of hydrogen-bond acceptors (Lipinski definition) is 4. The highest BCUT2D eigenvalue weighted by molar-refractivity contribution is 5.91. The van der Waals surface area contributed by atoms with E-state index in [9.17, 15) is 4.79 Å². The molecule has 0 aliphatic rings. The lowest BCUT2D eigenvalue weighted by atomic mass is 10.4. The second-order valence-electron chi connectivity index (χ2n) is 2.46. The van der Waals surface area contributed by atoms with Crippen molar-refractivity contribution in [3.8, 4) is 0 Å². The largest absolute Gasteiger partial charge is 0.395 e. The first-order valence-electron chi connectivity index (χ1n) is 4.05. The van der Waals surface area contributed by atoms with Gasteiger partial charge >= 0.3 is 0 Å². The summed E-state index contributed by atoms with van der Waals surface area (Å²) in [4.78, 5) is 13.0. The molecule has 0 saturated heterocycles. The van der Waals surface area contributed by atoms with Gasteiger partial charge in [-0.3, -0.25) is 4.79 Å². The summed E-state index contributed by atoms with van der Waals surface area (Å²) in [5.74, 6) is -0.217. The van der Waals surface area contributed by atoms with Crippen molar-refractivity contribution in [1.29, 1.82) is 0 Å². The minimum atomic E-state index is -0.217. The summed E-state index contributed by atoms with van der Waals surface area (Å²) in [6.45, 7) is 2.67. The molecule has 1 amide bonds. The average molecular weight is 184 g/mol. The van der Waals surface area contributed by atoms with Gasteiger partial charge in [0.05, 0.1) is 12.8 Å². The highest BCUT2D eigenvalue weighted by Crippen LogP contribution is 1.98. The molecule has 2 N–H and O–H groups in total. The molecule has 72 valence electrons. The fraction of sp³-hybridized carbons (Fsp3) is 0.571. The Labute approximate surface area is 75.6 Å². The summed E-state index contributed by atoms with van der Waals surface area (Å²) in [5.41, 5.74) is 0.273. The number of aliphatic hydroxyl groups is 1. The van der Waals surface area contributed by atoms with E-state index in [0.717, 1.165) is 0 Å². The first-order valence-corrected chi connectivity index (χ1v) is 4.05. The molecular weight excluding hydrogens is 172 g/mol. The van der Waals surface area contributed by atoms with Gasteiger partial charge in [0.25, 0.3) is 5.91 Å². The maximum absolute atomic E-state index is 11.5. The molecule has 0 fully saturated rings. The molecule has 6 heteroatoms. The van der Waals surface area contributed by atoms with Crippen LogP contribution in [-0.4, -0.2) is 51.0 Å². The summed E-state index contributed by atoms with van der Waals surface area (Å²) in [6.07, 6.45) is 1.36. The number of carbonyl (C=O) groups excluding carboxylic acids is 1. The SMILES string of the molecule is CCN(CCO)C(=O)c1cn[nH]n1. The zero-order chi connectivity index (χ0) is 9.68. The van der Waals surface area contributed by atoms with Crippen LogP contribution in [0.3, 0.4) is 0 Å².